The van der Waals surface area contributed by atoms with Crippen molar-refractivity contribution in [1.29, 1.82) is 0 Å². The Morgan fingerprint density at radius 2 is 1.88 bits per heavy atom. The Labute approximate surface area is 145 Å². The summed E-state index contributed by atoms with van der Waals surface area (Å²) in [6.07, 6.45) is 1.65. The molecule has 2 heterocycles. The van der Waals surface area contributed by atoms with Crippen molar-refractivity contribution in [2.75, 3.05) is 39.9 Å². The summed E-state index contributed by atoms with van der Waals surface area (Å²) in [6, 6.07) is 7.07. The first-order chi connectivity index (χ1) is 11.6. The molecule has 24 heavy (non-hydrogen) atoms. The van der Waals surface area contributed by atoms with Gasteiger partial charge in [0.1, 0.15) is 6.61 Å². The number of hydrogen-bond acceptors (Lipinski definition) is 4. The van der Waals surface area contributed by atoms with Crippen molar-refractivity contribution in [3.05, 3.63) is 41.0 Å². The molecule has 1 saturated heterocycles. The molecule has 0 unspecified atom stereocenters. The first-order valence-electron chi connectivity index (χ1n) is 7.71. The van der Waals surface area contributed by atoms with Gasteiger partial charge in [-0.25, -0.2) is 0 Å². The average molecular weight is 348 g/mol. The number of ether oxygens (including phenoxy) is 1. The van der Waals surface area contributed by atoms with E-state index in [0.717, 1.165) is 5.39 Å². The predicted molar refractivity (Wildman–Crippen MR) is 91.1 cm³/mol. The molecular formula is C17H18ClN3O3. The molecule has 2 amide bonds. The van der Waals surface area contributed by atoms with Gasteiger partial charge >= 0.3 is 0 Å². The number of aromatic nitrogens is 1. The standard InChI is InChI=1S/C17H18ClN3O3/c1-24-11-15(22)20-7-9-21(10-8-20)17(23)13-4-5-14(18)12-3-2-6-19-16(12)13/h2-6H,7-11H2,1H3. The third-order valence-corrected chi connectivity index (χ3v) is 4.46. The first kappa shape index (κ1) is 16.7. The molecule has 1 aromatic heterocycles. The number of methoxy groups -OCH3 is 1. The molecule has 126 valence electrons. The molecule has 6 nitrogen and oxygen atoms in total. The second-order valence-corrected chi connectivity index (χ2v) is 6.01. The van der Waals surface area contributed by atoms with Crippen LogP contribution >= 0.6 is 11.6 Å². The van der Waals surface area contributed by atoms with Gasteiger partial charge in [-0.05, 0) is 24.3 Å². The third-order valence-electron chi connectivity index (χ3n) is 4.13. The van der Waals surface area contributed by atoms with E-state index in [1.54, 1.807) is 34.2 Å². The fourth-order valence-corrected chi connectivity index (χ4v) is 3.07. The van der Waals surface area contributed by atoms with E-state index in [1.165, 1.54) is 7.11 Å². The molecule has 0 bridgehead atoms. The van der Waals surface area contributed by atoms with E-state index in [1.807, 2.05) is 6.07 Å². The van der Waals surface area contributed by atoms with Gasteiger partial charge in [0.25, 0.3) is 5.91 Å². The Morgan fingerprint density at radius 3 is 2.58 bits per heavy atom. The predicted octanol–water partition coefficient (Wildman–Crippen LogP) is 1.82. The molecule has 1 aliphatic heterocycles. The molecule has 0 atom stereocenters. The second kappa shape index (κ2) is 7.15. The molecule has 0 aliphatic carbocycles. The lowest BCUT2D eigenvalue weighted by atomic mass is 10.1. The van der Waals surface area contributed by atoms with Crippen molar-refractivity contribution in [2.24, 2.45) is 0 Å². The minimum atomic E-state index is -0.0887. The summed E-state index contributed by atoms with van der Waals surface area (Å²) in [5, 5.41) is 1.34. The van der Waals surface area contributed by atoms with E-state index < -0.39 is 0 Å². The van der Waals surface area contributed by atoms with Gasteiger partial charge in [-0.3, -0.25) is 14.6 Å². The monoisotopic (exact) mass is 347 g/mol. The first-order valence-corrected chi connectivity index (χ1v) is 8.09. The van der Waals surface area contributed by atoms with Crippen LogP contribution in [0.5, 0.6) is 0 Å². The van der Waals surface area contributed by atoms with Gasteiger partial charge in [0.15, 0.2) is 0 Å². The highest BCUT2D eigenvalue weighted by molar-refractivity contribution is 6.36. The number of benzene rings is 1. The van der Waals surface area contributed by atoms with Gasteiger partial charge in [-0.1, -0.05) is 11.6 Å². The molecule has 0 N–H and O–H groups in total. The van der Waals surface area contributed by atoms with E-state index >= 15 is 0 Å². The smallest absolute Gasteiger partial charge is 0.256 e. The Kier molecular flexibility index (Phi) is 4.97. The van der Waals surface area contributed by atoms with Gasteiger partial charge < -0.3 is 14.5 Å². The number of rotatable bonds is 3. The van der Waals surface area contributed by atoms with Crippen molar-refractivity contribution < 1.29 is 14.3 Å². The average Bonchev–Trinajstić information content (AvgIpc) is 2.62. The molecule has 3 rings (SSSR count). The number of carbonyl (C=O) groups excluding carboxylic acids is 2. The molecule has 1 fully saturated rings. The zero-order valence-corrected chi connectivity index (χ0v) is 14.1. The number of piperazine rings is 1. The highest BCUT2D eigenvalue weighted by Gasteiger charge is 2.26. The van der Waals surface area contributed by atoms with Crippen LogP contribution in [0.3, 0.4) is 0 Å². The largest absolute Gasteiger partial charge is 0.375 e. The molecule has 1 aliphatic rings. The number of carbonyl (C=O) groups is 2. The van der Waals surface area contributed by atoms with Crippen LogP contribution in [-0.4, -0.2) is 66.5 Å². The van der Waals surface area contributed by atoms with Gasteiger partial charge in [-0.15, -0.1) is 0 Å². The fourth-order valence-electron chi connectivity index (χ4n) is 2.85. The van der Waals surface area contributed by atoms with E-state index in [9.17, 15) is 9.59 Å². The van der Waals surface area contributed by atoms with Crippen LogP contribution in [0.4, 0.5) is 0 Å². The number of fused-ring (bicyclic) bond motifs is 1. The Morgan fingerprint density at radius 1 is 1.17 bits per heavy atom. The van der Waals surface area contributed by atoms with E-state index in [2.05, 4.69) is 4.98 Å². The van der Waals surface area contributed by atoms with Crippen molar-refractivity contribution in [1.82, 2.24) is 14.8 Å². The Bertz CT molecular complexity index is 773. The molecular weight excluding hydrogens is 330 g/mol. The summed E-state index contributed by atoms with van der Waals surface area (Å²) in [4.78, 5) is 32.4. The maximum absolute atomic E-state index is 12.8. The molecule has 2 aromatic rings. The molecule has 1 aromatic carbocycles. The quantitative estimate of drug-likeness (QED) is 0.849. The molecule has 7 heteroatoms. The number of pyridine rings is 1. The second-order valence-electron chi connectivity index (χ2n) is 5.60. The molecule has 0 radical (unpaired) electrons. The van der Waals surface area contributed by atoms with Crippen LogP contribution in [0.25, 0.3) is 10.9 Å². The zero-order valence-electron chi connectivity index (χ0n) is 13.4. The molecule has 0 spiro atoms. The lowest BCUT2D eigenvalue weighted by molar-refractivity contribution is -0.136. The topological polar surface area (TPSA) is 62.7 Å². The van der Waals surface area contributed by atoms with Crippen molar-refractivity contribution >= 4 is 34.3 Å². The van der Waals surface area contributed by atoms with Gasteiger partial charge in [0.2, 0.25) is 5.91 Å². The van der Waals surface area contributed by atoms with Crippen LogP contribution in [0.2, 0.25) is 5.02 Å². The lowest BCUT2D eigenvalue weighted by Crippen LogP contribution is -2.51. The Balaban J connectivity index is 1.77. The Hall–Kier alpha value is -2.18. The number of halogens is 1. The van der Waals surface area contributed by atoms with Crippen LogP contribution < -0.4 is 0 Å². The normalized spacial score (nSPS) is 14.9. The summed E-state index contributed by atoms with van der Waals surface area (Å²) in [6.45, 7) is 2.07. The van der Waals surface area contributed by atoms with Crippen LogP contribution in [0, 0.1) is 0 Å². The fraction of sp³-hybridized carbons (Fsp3) is 0.353. The molecule has 0 saturated carbocycles. The number of nitrogens with zero attached hydrogens (tertiary/aromatic N) is 3. The number of hydrogen-bond donors (Lipinski definition) is 0. The minimum Gasteiger partial charge on any atom is -0.375 e. The van der Waals surface area contributed by atoms with Crippen LogP contribution in [0.15, 0.2) is 30.5 Å². The maximum atomic E-state index is 12.8. The number of amides is 2. The summed E-state index contributed by atoms with van der Waals surface area (Å²) in [5.41, 5.74) is 1.14. The third kappa shape index (κ3) is 3.20. The van der Waals surface area contributed by atoms with Crippen LogP contribution in [0.1, 0.15) is 10.4 Å². The van der Waals surface area contributed by atoms with E-state index in [0.29, 0.717) is 42.3 Å². The van der Waals surface area contributed by atoms with Crippen molar-refractivity contribution in [3.8, 4) is 0 Å². The summed E-state index contributed by atoms with van der Waals surface area (Å²) < 4.78 is 4.87. The maximum Gasteiger partial charge on any atom is 0.256 e. The SMILES string of the molecule is COCC(=O)N1CCN(C(=O)c2ccc(Cl)c3cccnc23)CC1. The van der Waals surface area contributed by atoms with E-state index in [4.69, 9.17) is 16.3 Å². The highest BCUT2D eigenvalue weighted by atomic mass is 35.5. The summed E-state index contributed by atoms with van der Waals surface area (Å²) in [5.74, 6) is -0.141. The van der Waals surface area contributed by atoms with E-state index in [-0.39, 0.29) is 18.4 Å². The lowest BCUT2D eigenvalue weighted by Gasteiger charge is -2.34. The van der Waals surface area contributed by atoms with Gasteiger partial charge in [0, 0.05) is 44.9 Å². The van der Waals surface area contributed by atoms with Crippen LogP contribution in [-0.2, 0) is 9.53 Å². The van der Waals surface area contributed by atoms with Gasteiger partial charge in [-0.2, -0.15) is 0 Å². The van der Waals surface area contributed by atoms with Crippen molar-refractivity contribution in [3.63, 3.8) is 0 Å². The zero-order chi connectivity index (χ0) is 17.1. The summed E-state index contributed by atoms with van der Waals surface area (Å²) >= 11 is 6.18. The van der Waals surface area contributed by atoms with Gasteiger partial charge in [0.05, 0.1) is 16.1 Å². The van der Waals surface area contributed by atoms with Crippen molar-refractivity contribution in [2.45, 2.75) is 0 Å². The minimum absolute atomic E-state index is 0.0526. The highest BCUT2D eigenvalue weighted by Crippen LogP contribution is 2.25. The summed E-state index contributed by atoms with van der Waals surface area (Å²) in [7, 11) is 1.50.